The Morgan fingerprint density at radius 3 is 3.06 bits per heavy atom. The summed E-state index contributed by atoms with van der Waals surface area (Å²) < 4.78 is 5.54. The Morgan fingerprint density at radius 2 is 2.22 bits per heavy atom. The molecular weight excluding hydrogens is 224 g/mol. The maximum Gasteiger partial charge on any atom is 0.121 e. The average Bonchev–Trinajstić information content (AvgIpc) is 2.76. The van der Waals surface area contributed by atoms with Gasteiger partial charge in [0.05, 0.1) is 16.7 Å². The van der Waals surface area contributed by atoms with Crippen LogP contribution in [0.1, 0.15) is 5.69 Å². The number of aromatic nitrogens is 2. The summed E-state index contributed by atoms with van der Waals surface area (Å²) >= 11 is 0. The standard InChI is InChI=1S/C15H14N2O/c1-3-8-18-11-4-5-12-13-6-7-16-10(2)15(13)17-14(12)9-11/h3-7,9,17H,1,8H2,2H3. The quantitative estimate of drug-likeness (QED) is 0.708. The number of nitrogens with zero attached hydrogens (tertiary/aromatic N) is 1. The Labute approximate surface area is 105 Å². The van der Waals surface area contributed by atoms with Crippen LogP contribution < -0.4 is 4.74 Å². The van der Waals surface area contributed by atoms with Crippen LogP contribution in [-0.4, -0.2) is 16.6 Å². The molecule has 1 aromatic carbocycles. The zero-order chi connectivity index (χ0) is 12.5. The van der Waals surface area contributed by atoms with Crippen LogP contribution in [0.15, 0.2) is 43.1 Å². The lowest BCUT2D eigenvalue weighted by molar-refractivity contribution is 0.364. The summed E-state index contributed by atoms with van der Waals surface area (Å²) in [7, 11) is 0. The molecule has 3 heteroatoms. The molecule has 1 N–H and O–H groups in total. The number of aryl methyl sites for hydroxylation is 1. The van der Waals surface area contributed by atoms with Gasteiger partial charge in [-0.3, -0.25) is 4.98 Å². The van der Waals surface area contributed by atoms with Crippen molar-refractivity contribution in [2.45, 2.75) is 6.92 Å². The Hall–Kier alpha value is -2.29. The van der Waals surface area contributed by atoms with Crippen LogP contribution in [0.25, 0.3) is 21.8 Å². The zero-order valence-corrected chi connectivity index (χ0v) is 10.2. The van der Waals surface area contributed by atoms with Crippen molar-refractivity contribution in [1.82, 2.24) is 9.97 Å². The van der Waals surface area contributed by atoms with Crippen molar-refractivity contribution in [3.8, 4) is 5.75 Å². The van der Waals surface area contributed by atoms with Crippen molar-refractivity contribution in [3.63, 3.8) is 0 Å². The van der Waals surface area contributed by atoms with E-state index in [4.69, 9.17) is 4.74 Å². The largest absolute Gasteiger partial charge is 0.489 e. The van der Waals surface area contributed by atoms with Gasteiger partial charge in [0.1, 0.15) is 12.4 Å². The Balaban J connectivity index is 2.20. The molecule has 0 saturated carbocycles. The van der Waals surface area contributed by atoms with Gasteiger partial charge in [0, 0.05) is 23.0 Å². The van der Waals surface area contributed by atoms with Gasteiger partial charge in [-0.05, 0) is 25.1 Å². The molecule has 3 nitrogen and oxygen atoms in total. The number of pyridine rings is 1. The first kappa shape index (κ1) is 10.8. The van der Waals surface area contributed by atoms with Gasteiger partial charge in [-0.15, -0.1) is 0 Å². The predicted octanol–water partition coefficient (Wildman–Crippen LogP) is 3.59. The fourth-order valence-corrected chi connectivity index (χ4v) is 2.19. The van der Waals surface area contributed by atoms with Crippen LogP contribution in [0.5, 0.6) is 5.75 Å². The van der Waals surface area contributed by atoms with Crippen LogP contribution in [0, 0.1) is 6.92 Å². The minimum absolute atomic E-state index is 0.520. The molecule has 18 heavy (non-hydrogen) atoms. The molecule has 0 spiro atoms. The summed E-state index contributed by atoms with van der Waals surface area (Å²) in [6.45, 7) is 6.17. The van der Waals surface area contributed by atoms with E-state index in [1.807, 2.05) is 31.3 Å². The molecule has 0 aliphatic carbocycles. The first-order valence-electron chi connectivity index (χ1n) is 5.90. The molecular formula is C15H14N2O. The number of fused-ring (bicyclic) bond motifs is 3. The molecule has 0 aliphatic heterocycles. The highest BCUT2D eigenvalue weighted by Crippen LogP contribution is 2.29. The first-order valence-corrected chi connectivity index (χ1v) is 5.90. The highest BCUT2D eigenvalue weighted by Gasteiger charge is 2.07. The zero-order valence-electron chi connectivity index (χ0n) is 10.2. The summed E-state index contributed by atoms with van der Waals surface area (Å²) in [6.07, 6.45) is 3.58. The molecule has 0 atom stereocenters. The molecule has 0 fully saturated rings. The Morgan fingerprint density at radius 1 is 1.33 bits per heavy atom. The fraction of sp³-hybridized carbons (Fsp3) is 0.133. The molecule has 0 aliphatic rings. The molecule has 0 saturated heterocycles. The van der Waals surface area contributed by atoms with E-state index in [1.165, 1.54) is 10.8 Å². The maximum absolute atomic E-state index is 5.54. The van der Waals surface area contributed by atoms with Gasteiger partial charge in [0.2, 0.25) is 0 Å². The SMILES string of the molecule is C=CCOc1ccc2c(c1)[nH]c1c(C)nccc12. The smallest absolute Gasteiger partial charge is 0.121 e. The number of aromatic amines is 1. The van der Waals surface area contributed by atoms with Crippen molar-refractivity contribution in [2.24, 2.45) is 0 Å². The number of nitrogens with one attached hydrogen (secondary N) is 1. The van der Waals surface area contributed by atoms with Crippen molar-refractivity contribution < 1.29 is 4.74 Å². The van der Waals surface area contributed by atoms with E-state index in [1.54, 1.807) is 6.08 Å². The summed E-state index contributed by atoms with van der Waals surface area (Å²) in [5, 5.41) is 2.40. The number of hydrogen-bond donors (Lipinski definition) is 1. The van der Waals surface area contributed by atoms with E-state index >= 15 is 0 Å². The van der Waals surface area contributed by atoms with Crippen molar-refractivity contribution >= 4 is 21.8 Å². The van der Waals surface area contributed by atoms with Gasteiger partial charge in [-0.25, -0.2) is 0 Å². The fourth-order valence-electron chi connectivity index (χ4n) is 2.19. The van der Waals surface area contributed by atoms with Gasteiger partial charge in [-0.2, -0.15) is 0 Å². The summed E-state index contributed by atoms with van der Waals surface area (Å²) in [5.41, 5.74) is 3.17. The average molecular weight is 238 g/mol. The third-order valence-corrected chi connectivity index (χ3v) is 3.05. The van der Waals surface area contributed by atoms with Crippen LogP contribution in [-0.2, 0) is 0 Å². The Kier molecular flexibility index (Phi) is 2.52. The van der Waals surface area contributed by atoms with E-state index in [9.17, 15) is 0 Å². The number of hydrogen-bond acceptors (Lipinski definition) is 2. The molecule has 3 rings (SSSR count). The lowest BCUT2D eigenvalue weighted by Crippen LogP contribution is -1.91. The predicted molar refractivity (Wildman–Crippen MR) is 74.0 cm³/mol. The van der Waals surface area contributed by atoms with Gasteiger partial charge in [-0.1, -0.05) is 12.7 Å². The van der Waals surface area contributed by atoms with Crippen molar-refractivity contribution in [3.05, 3.63) is 48.8 Å². The molecule has 90 valence electrons. The molecule has 0 amide bonds. The van der Waals surface area contributed by atoms with E-state index in [2.05, 4.69) is 22.6 Å². The third kappa shape index (κ3) is 1.64. The van der Waals surface area contributed by atoms with Gasteiger partial charge >= 0.3 is 0 Å². The van der Waals surface area contributed by atoms with Gasteiger partial charge < -0.3 is 9.72 Å². The summed E-state index contributed by atoms with van der Waals surface area (Å²) in [4.78, 5) is 7.69. The molecule has 2 heterocycles. The second-order valence-corrected chi connectivity index (χ2v) is 4.25. The normalized spacial score (nSPS) is 10.9. The van der Waals surface area contributed by atoms with E-state index in [0.717, 1.165) is 22.5 Å². The molecule has 0 unspecified atom stereocenters. The minimum atomic E-state index is 0.520. The van der Waals surface area contributed by atoms with Crippen LogP contribution in [0.4, 0.5) is 0 Å². The number of H-pyrrole nitrogens is 1. The minimum Gasteiger partial charge on any atom is -0.489 e. The highest BCUT2D eigenvalue weighted by atomic mass is 16.5. The summed E-state index contributed by atoms with van der Waals surface area (Å²) in [6, 6.07) is 8.10. The van der Waals surface area contributed by atoms with Crippen LogP contribution in [0.3, 0.4) is 0 Å². The first-order chi connectivity index (χ1) is 8.79. The van der Waals surface area contributed by atoms with E-state index in [-0.39, 0.29) is 0 Å². The van der Waals surface area contributed by atoms with E-state index in [0.29, 0.717) is 6.61 Å². The molecule has 0 radical (unpaired) electrons. The number of ether oxygens (including phenoxy) is 1. The van der Waals surface area contributed by atoms with Crippen LogP contribution in [0.2, 0.25) is 0 Å². The topological polar surface area (TPSA) is 37.9 Å². The van der Waals surface area contributed by atoms with Gasteiger partial charge in [0.15, 0.2) is 0 Å². The second kappa shape index (κ2) is 4.18. The van der Waals surface area contributed by atoms with Crippen LogP contribution >= 0.6 is 0 Å². The monoisotopic (exact) mass is 238 g/mol. The molecule has 0 bridgehead atoms. The number of rotatable bonds is 3. The third-order valence-electron chi connectivity index (χ3n) is 3.05. The second-order valence-electron chi connectivity index (χ2n) is 4.25. The van der Waals surface area contributed by atoms with Crippen molar-refractivity contribution in [1.29, 1.82) is 0 Å². The highest BCUT2D eigenvalue weighted by molar-refractivity contribution is 6.08. The summed E-state index contributed by atoms with van der Waals surface area (Å²) in [5.74, 6) is 0.847. The molecule has 3 aromatic rings. The number of benzene rings is 1. The van der Waals surface area contributed by atoms with Crippen molar-refractivity contribution in [2.75, 3.05) is 6.61 Å². The van der Waals surface area contributed by atoms with E-state index < -0.39 is 0 Å². The molecule has 2 aromatic heterocycles. The van der Waals surface area contributed by atoms with Gasteiger partial charge in [0.25, 0.3) is 0 Å². The Bertz CT molecular complexity index is 728. The lowest BCUT2D eigenvalue weighted by Gasteiger charge is -2.02. The lowest BCUT2D eigenvalue weighted by atomic mass is 10.1. The maximum atomic E-state index is 5.54.